The van der Waals surface area contributed by atoms with Crippen LogP contribution in [0.5, 0.6) is 0 Å². The van der Waals surface area contributed by atoms with Gasteiger partial charge in [-0.05, 0) is 0 Å². The van der Waals surface area contributed by atoms with Crippen LogP contribution < -0.4 is 21.6 Å². The average molecular weight is 450 g/mol. The van der Waals surface area contributed by atoms with Crippen molar-refractivity contribution in [1.82, 2.24) is 0 Å². The van der Waals surface area contributed by atoms with Gasteiger partial charge in [-0.2, -0.15) is 0 Å². The Morgan fingerprint density at radius 1 is 0.500 bits per heavy atom. The van der Waals surface area contributed by atoms with Gasteiger partial charge < -0.3 is 0 Å². The van der Waals surface area contributed by atoms with E-state index >= 15 is 0 Å². The Bertz CT molecular complexity index is 907. The van der Waals surface area contributed by atoms with E-state index in [1.807, 2.05) is 12.1 Å². The number of benzene rings is 4. The van der Waals surface area contributed by atoms with Crippen LogP contribution in [0.25, 0.3) is 0 Å². The molecule has 0 amide bonds. The van der Waals surface area contributed by atoms with Crippen LogP contribution in [-0.4, -0.2) is 0 Å². The molecule has 4 aromatic rings. The normalized spacial score (nSPS) is 11.4. The van der Waals surface area contributed by atoms with Crippen LogP contribution in [-0.2, 0) is 6.16 Å². The standard InChI is InChI=1S/C25H24NP.BrH/c26-25-19-11-10-12-21(25)20-27(22-13-4-1-5-14-22,23-15-6-2-7-16-23)24-17-8-3-9-18-24;/h1-19,27H,20,26H2;1H. The zero-order valence-electron chi connectivity index (χ0n) is 15.7. The molecule has 0 radical (unpaired) electrons. The van der Waals surface area contributed by atoms with E-state index in [2.05, 4.69) is 103 Å². The maximum atomic E-state index is 6.38. The van der Waals surface area contributed by atoms with Crippen molar-refractivity contribution in [1.29, 1.82) is 0 Å². The molecule has 2 N–H and O–H groups in total. The molecule has 0 aliphatic carbocycles. The van der Waals surface area contributed by atoms with Crippen LogP contribution in [0.15, 0.2) is 115 Å². The Kier molecular flexibility index (Phi) is 6.67. The van der Waals surface area contributed by atoms with E-state index in [9.17, 15) is 0 Å². The summed E-state index contributed by atoms with van der Waals surface area (Å²) < 4.78 is 0. The van der Waals surface area contributed by atoms with Crippen LogP contribution in [0, 0.1) is 0 Å². The van der Waals surface area contributed by atoms with Gasteiger partial charge in [0.1, 0.15) is 0 Å². The van der Waals surface area contributed by atoms with Gasteiger partial charge in [0.05, 0.1) is 0 Å². The van der Waals surface area contributed by atoms with Crippen molar-refractivity contribution in [2.45, 2.75) is 6.16 Å². The molecule has 0 fully saturated rings. The van der Waals surface area contributed by atoms with E-state index in [4.69, 9.17) is 5.73 Å². The summed E-state index contributed by atoms with van der Waals surface area (Å²) in [4.78, 5) is 0. The second-order valence-corrected chi connectivity index (χ2v) is 10.8. The summed E-state index contributed by atoms with van der Waals surface area (Å²) in [6.45, 7) is 0. The number of para-hydroxylation sites is 1. The van der Waals surface area contributed by atoms with Gasteiger partial charge in [-0.25, -0.2) is 0 Å². The molecule has 3 heteroatoms. The summed E-state index contributed by atoms with van der Waals surface area (Å²) in [7, 11) is -2.28. The van der Waals surface area contributed by atoms with Crippen LogP contribution in [0.2, 0.25) is 0 Å². The Morgan fingerprint density at radius 2 is 0.857 bits per heavy atom. The summed E-state index contributed by atoms with van der Waals surface area (Å²) in [5.41, 5.74) is 8.48. The molecule has 0 saturated carbocycles. The third kappa shape index (κ3) is 3.90. The maximum absolute atomic E-state index is 6.38. The molecule has 142 valence electrons. The second kappa shape index (κ2) is 9.19. The number of anilines is 1. The third-order valence-electron chi connectivity index (χ3n) is 5.31. The molecular formula is C25H25BrNP. The number of nitrogen functional groups attached to an aromatic ring is 1. The average Bonchev–Trinajstić information content (AvgIpc) is 2.75. The monoisotopic (exact) mass is 449 g/mol. The van der Waals surface area contributed by atoms with Gasteiger partial charge in [-0.1, -0.05) is 0 Å². The molecule has 0 spiro atoms. The summed E-state index contributed by atoms with van der Waals surface area (Å²) >= 11 is 0. The zero-order valence-corrected chi connectivity index (χ0v) is 18.4. The topological polar surface area (TPSA) is 26.0 Å². The number of hydrogen-bond donors (Lipinski definition) is 1. The van der Waals surface area contributed by atoms with Gasteiger partial charge in [-0.3, -0.25) is 0 Å². The molecule has 4 aromatic carbocycles. The summed E-state index contributed by atoms with van der Waals surface area (Å²) in [6.07, 6.45) is 0.942. The van der Waals surface area contributed by atoms with Crippen molar-refractivity contribution in [2.24, 2.45) is 0 Å². The zero-order chi connectivity index (χ0) is 18.5. The van der Waals surface area contributed by atoms with Crippen molar-refractivity contribution in [3.63, 3.8) is 0 Å². The molecule has 0 aliphatic heterocycles. The minimum atomic E-state index is -2.28. The van der Waals surface area contributed by atoms with E-state index in [0.29, 0.717) is 0 Å². The summed E-state index contributed by atoms with van der Waals surface area (Å²) in [5.74, 6) is 0. The SMILES string of the molecule is Br.Nc1ccccc1C[PH](c1ccccc1)(c1ccccc1)c1ccccc1. The molecule has 0 bridgehead atoms. The number of nitrogens with two attached hydrogens (primary N) is 1. The van der Waals surface area contributed by atoms with Gasteiger partial charge in [0.2, 0.25) is 0 Å². The van der Waals surface area contributed by atoms with E-state index in [0.717, 1.165) is 11.8 Å². The van der Waals surface area contributed by atoms with Crippen LogP contribution in [0.3, 0.4) is 0 Å². The molecule has 0 saturated heterocycles. The van der Waals surface area contributed by atoms with Crippen LogP contribution in [0.1, 0.15) is 5.56 Å². The Hall–Kier alpha value is -2.41. The van der Waals surface area contributed by atoms with Crippen molar-refractivity contribution in [2.75, 3.05) is 5.73 Å². The molecule has 28 heavy (non-hydrogen) atoms. The van der Waals surface area contributed by atoms with Crippen LogP contribution >= 0.6 is 24.2 Å². The predicted octanol–water partition coefficient (Wildman–Crippen LogP) is 5.07. The molecule has 4 rings (SSSR count). The van der Waals surface area contributed by atoms with Crippen LogP contribution in [0.4, 0.5) is 5.69 Å². The Balaban J connectivity index is 0.00000225. The minimum absolute atomic E-state index is 0. The number of halogens is 1. The van der Waals surface area contributed by atoms with Crippen molar-refractivity contribution < 1.29 is 0 Å². The molecule has 0 unspecified atom stereocenters. The molecule has 0 heterocycles. The van der Waals surface area contributed by atoms with Gasteiger partial charge in [0.15, 0.2) is 0 Å². The molecular weight excluding hydrogens is 425 g/mol. The second-order valence-electron chi connectivity index (χ2n) is 6.88. The fourth-order valence-electron chi connectivity index (χ4n) is 3.96. The molecule has 0 atom stereocenters. The molecule has 0 aromatic heterocycles. The van der Waals surface area contributed by atoms with Gasteiger partial charge in [0, 0.05) is 0 Å². The number of hydrogen-bond acceptors (Lipinski definition) is 1. The molecule has 0 aliphatic rings. The first kappa shape index (κ1) is 20.3. The Labute approximate surface area is 178 Å². The summed E-state index contributed by atoms with van der Waals surface area (Å²) in [5, 5.41) is 4.22. The third-order valence-corrected chi connectivity index (χ3v) is 10.2. The first-order chi connectivity index (χ1) is 13.3. The van der Waals surface area contributed by atoms with Crippen molar-refractivity contribution >= 4 is 45.8 Å². The molecule has 1 nitrogen and oxygen atoms in total. The summed E-state index contributed by atoms with van der Waals surface area (Å²) in [6, 6.07) is 41.2. The first-order valence-electron chi connectivity index (χ1n) is 9.31. The van der Waals surface area contributed by atoms with Crippen molar-refractivity contribution in [3.8, 4) is 0 Å². The fourth-order valence-corrected chi connectivity index (χ4v) is 8.75. The first-order valence-corrected chi connectivity index (χ1v) is 11.5. The predicted molar refractivity (Wildman–Crippen MR) is 131 cm³/mol. The van der Waals surface area contributed by atoms with E-state index in [1.54, 1.807) is 0 Å². The fraction of sp³-hybridized carbons (Fsp3) is 0.0400. The van der Waals surface area contributed by atoms with Gasteiger partial charge in [-0.15, -0.1) is 17.0 Å². The van der Waals surface area contributed by atoms with Crippen molar-refractivity contribution in [3.05, 3.63) is 121 Å². The number of rotatable bonds is 5. The Morgan fingerprint density at radius 3 is 1.25 bits per heavy atom. The van der Waals surface area contributed by atoms with Gasteiger partial charge >= 0.3 is 162 Å². The van der Waals surface area contributed by atoms with E-state index in [-0.39, 0.29) is 17.0 Å². The van der Waals surface area contributed by atoms with E-state index in [1.165, 1.54) is 21.5 Å². The van der Waals surface area contributed by atoms with Gasteiger partial charge in [0.25, 0.3) is 0 Å². The van der Waals surface area contributed by atoms with E-state index < -0.39 is 7.26 Å². The quantitative estimate of drug-likeness (QED) is 0.333.